The molecule has 1 aromatic heterocycles. The van der Waals surface area contributed by atoms with Crippen molar-refractivity contribution < 1.29 is 14.3 Å². The molecular formula is C26H30FN3O2S. The lowest BCUT2D eigenvalue weighted by Gasteiger charge is -2.21. The van der Waals surface area contributed by atoms with Gasteiger partial charge < -0.3 is 20.3 Å². The molecule has 0 unspecified atom stereocenters. The molecular weight excluding hydrogens is 437 g/mol. The van der Waals surface area contributed by atoms with Gasteiger partial charge in [-0.05, 0) is 75.7 Å². The number of rotatable bonds is 5. The van der Waals surface area contributed by atoms with Crippen molar-refractivity contribution in [3.05, 3.63) is 65.1 Å². The summed E-state index contributed by atoms with van der Waals surface area (Å²) >= 11 is 1.55. The Labute approximate surface area is 198 Å². The summed E-state index contributed by atoms with van der Waals surface area (Å²) in [5, 5.41) is 18.0. The number of amides is 1. The third-order valence-corrected chi connectivity index (χ3v) is 6.78. The van der Waals surface area contributed by atoms with E-state index in [1.54, 1.807) is 30.0 Å². The van der Waals surface area contributed by atoms with Crippen molar-refractivity contribution in [3.8, 4) is 5.75 Å². The molecule has 2 aromatic carbocycles. The molecule has 33 heavy (non-hydrogen) atoms. The van der Waals surface area contributed by atoms with E-state index < -0.39 is 5.54 Å². The fourth-order valence-corrected chi connectivity index (χ4v) is 5.13. The molecule has 5 nitrogen and oxygen atoms in total. The van der Waals surface area contributed by atoms with Crippen LogP contribution in [-0.2, 0) is 12.8 Å². The number of hydrogen-bond donors (Lipinski definition) is 3. The zero-order valence-electron chi connectivity index (χ0n) is 19.5. The van der Waals surface area contributed by atoms with Crippen molar-refractivity contribution >= 4 is 34.1 Å². The minimum Gasteiger partial charge on any atom is -0.507 e. The van der Waals surface area contributed by atoms with Gasteiger partial charge in [0, 0.05) is 51.9 Å². The van der Waals surface area contributed by atoms with Crippen LogP contribution in [0, 0.1) is 5.82 Å². The minimum absolute atomic E-state index is 0.170. The average molecular weight is 468 g/mol. The van der Waals surface area contributed by atoms with E-state index in [0.29, 0.717) is 11.3 Å². The van der Waals surface area contributed by atoms with E-state index in [4.69, 9.17) is 0 Å². The van der Waals surface area contributed by atoms with Crippen molar-refractivity contribution in [3.63, 3.8) is 0 Å². The molecule has 0 atom stereocenters. The molecule has 0 saturated heterocycles. The molecule has 174 valence electrons. The van der Waals surface area contributed by atoms with Gasteiger partial charge in [-0.1, -0.05) is 6.08 Å². The Kier molecular flexibility index (Phi) is 6.54. The monoisotopic (exact) mass is 467 g/mol. The number of nitrogens with zero attached hydrogens (tertiary/aromatic N) is 1. The molecule has 0 bridgehead atoms. The van der Waals surface area contributed by atoms with E-state index in [-0.39, 0.29) is 17.5 Å². The Morgan fingerprint density at radius 3 is 2.61 bits per heavy atom. The van der Waals surface area contributed by atoms with Gasteiger partial charge in [0.25, 0.3) is 5.91 Å². The van der Waals surface area contributed by atoms with E-state index in [1.807, 2.05) is 38.5 Å². The van der Waals surface area contributed by atoms with Gasteiger partial charge in [0.05, 0.1) is 5.56 Å². The first-order valence-electron chi connectivity index (χ1n) is 11.1. The molecule has 7 heteroatoms. The smallest absolute Gasteiger partial charge is 0.254 e. The summed E-state index contributed by atoms with van der Waals surface area (Å²) in [4.78, 5) is 14.3. The summed E-state index contributed by atoms with van der Waals surface area (Å²) in [6.45, 7) is 7.49. The van der Waals surface area contributed by atoms with Gasteiger partial charge in [-0.25, -0.2) is 4.39 Å². The quantitative estimate of drug-likeness (QED) is 0.450. The molecule has 0 fully saturated rings. The van der Waals surface area contributed by atoms with Crippen LogP contribution in [0.15, 0.2) is 47.4 Å². The number of aryl methyl sites for hydroxylation is 1. The maximum absolute atomic E-state index is 13.4. The number of carbonyl (C=O) groups excluding carboxylic acids is 1. The first-order chi connectivity index (χ1) is 15.6. The van der Waals surface area contributed by atoms with E-state index in [2.05, 4.69) is 16.7 Å². The SMILES string of the molecule is Cn1c(CSc2ccc(F)cc2)c(C(=O)NC(C)(C)C)c2cc(O)c(C3=CCNCC3)cc21. The standard InChI is InChI=1S/C26H30FN3O2S/c1-26(2,3)29-25(32)24-20-14-23(31)19(16-9-11-28-12-10-16)13-21(20)30(4)22(24)15-33-18-7-5-17(27)6-8-18/h5-9,13-14,28,31H,10-12,15H2,1-4H3,(H,29,32). The first-order valence-corrected chi connectivity index (χ1v) is 12.1. The van der Waals surface area contributed by atoms with Crippen LogP contribution in [0.25, 0.3) is 16.5 Å². The first kappa shape index (κ1) is 23.4. The Morgan fingerprint density at radius 1 is 1.24 bits per heavy atom. The van der Waals surface area contributed by atoms with Crippen LogP contribution in [0.2, 0.25) is 0 Å². The highest BCUT2D eigenvalue weighted by Crippen LogP contribution is 2.37. The molecule has 0 radical (unpaired) electrons. The van der Waals surface area contributed by atoms with Crippen molar-refractivity contribution in [2.45, 2.75) is 43.4 Å². The van der Waals surface area contributed by atoms with Crippen molar-refractivity contribution in [1.82, 2.24) is 15.2 Å². The predicted octanol–water partition coefficient (Wildman–Crippen LogP) is 5.22. The molecule has 3 N–H and O–H groups in total. The molecule has 4 rings (SSSR count). The second-order valence-corrected chi connectivity index (χ2v) is 10.4. The lowest BCUT2D eigenvalue weighted by molar-refractivity contribution is 0.0920. The minimum atomic E-state index is -0.400. The number of phenolic OH excluding ortho intramolecular Hbond substituents is 1. The Balaban J connectivity index is 1.81. The van der Waals surface area contributed by atoms with Crippen LogP contribution in [0.1, 0.15) is 48.8 Å². The van der Waals surface area contributed by atoms with Crippen LogP contribution in [0.5, 0.6) is 5.75 Å². The highest BCUT2D eigenvalue weighted by molar-refractivity contribution is 7.98. The zero-order valence-corrected chi connectivity index (χ0v) is 20.3. The van der Waals surface area contributed by atoms with Crippen LogP contribution in [0.4, 0.5) is 4.39 Å². The third-order valence-electron chi connectivity index (χ3n) is 5.75. The van der Waals surface area contributed by atoms with E-state index >= 15 is 0 Å². The number of benzene rings is 2. The lowest BCUT2D eigenvalue weighted by atomic mass is 9.97. The number of halogens is 1. The molecule has 1 aliphatic rings. The molecule has 1 aliphatic heterocycles. The number of fused-ring (bicyclic) bond motifs is 1. The van der Waals surface area contributed by atoms with Crippen molar-refractivity contribution in [2.24, 2.45) is 7.05 Å². The molecule has 0 spiro atoms. The van der Waals surface area contributed by atoms with Gasteiger partial charge in [0.1, 0.15) is 11.6 Å². The largest absolute Gasteiger partial charge is 0.507 e. The molecule has 3 aromatic rings. The number of aromatic hydroxyl groups is 1. The third kappa shape index (κ3) is 5.09. The van der Waals surface area contributed by atoms with Gasteiger partial charge in [0.2, 0.25) is 0 Å². The number of aromatic nitrogens is 1. The van der Waals surface area contributed by atoms with Gasteiger partial charge in [0.15, 0.2) is 0 Å². The van der Waals surface area contributed by atoms with Gasteiger partial charge >= 0.3 is 0 Å². The fourth-order valence-electron chi connectivity index (χ4n) is 4.16. The highest BCUT2D eigenvalue weighted by Gasteiger charge is 2.26. The second-order valence-electron chi connectivity index (χ2n) is 9.40. The molecule has 1 amide bonds. The number of nitrogens with one attached hydrogen (secondary N) is 2. The van der Waals surface area contributed by atoms with Gasteiger partial charge in [-0.2, -0.15) is 0 Å². The molecule has 0 aliphatic carbocycles. The van der Waals surface area contributed by atoms with Crippen molar-refractivity contribution in [1.29, 1.82) is 0 Å². The Bertz CT molecular complexity index is 1220. The average Bonchev–Trinajstić information content (AvgIpc) is 3.03. The van der Waals surface area contributed by atoms with E-state index in [1.165, 1.54) is 12.1 Å². The summed E-state index contributed by atoms with van der Waals surface area (Å²) in [6, 6.07) is 10.1. The number of phenols is 1. The second kappa shape index (κ2) is 9.23. The normalized spacial score (nSPS) is 14.4. The summed E-state index contributed by atoms with van der Waals surface area (Å²) in [5.74, 6) is 0.274. The maximum Gasteiger partial charge on any atom is 0.254 e. The highest BCUT2D eigenvalue weighted by atomic mass is 32.2. The topological polar surface area (TPSA) is 66.3 Å². The number of carbonyl (C=O) groups is 1. The lowest BCUT2D eigenvalue weighted by Crippen LogP contribution is -2.40. The van der Waals surface area contributed by atoms with Gasteiger partial charge in [-0.3, -0.25) is 4.79 Å². The number of thioether (sulfide) groups is 1. The van der Waals surface area contributed by atoms with E-state index in [0.717, 1.165) is 52.1 Å². The molecule has 0 saturated carbocycles. The predicted molar refractivity (Wildman–Crippen MR) is 133 cm³/mol. The summed E-state index contributed by atoms with van der Waals surface area (Å²) in [5.41, 5.74) is 3.84. The van der Waals surface area contributed by atoms with Crippen LogP contribution < -0.4 is 10.6 Å². The number of hydrogen-bond acceptors (Lipinski definition) is 4. The van der Waals surface area contributed by atoms with Crippen LogP contribution in [0.3, 0.4) is 0 Å². The summed E-state index contributed by atoms with van der Waals surface area (Å²) < 4.78 is 15.3. The Morgan fingerprint density at radius 2 is 1.97 bits per heavy atom. The van der Waals surface area contributed by atoms with Crippen LogP contribution >= 0.6 is 11.8 Å². The Hall–Kier alpha value is -2.77. The van der Waals surface area contributed by atoms with Crippen molar-refractivity contribution in [2.75, 3.05) is 13.1 Å². The zero-order chi connectivity index (χ0) is 23.8. The molecule has 2 heterocycles. The fraction of sp³-hybridized carbons (Fsp3) is 0.346. The van der Waals surface area contributed by atoms with Crippen LogP contribution in [-0.4, -0.2) is 34.2 Å². The van der Waals surface area contributed by atoms with Gasteiger partial charge in [-0.15, -0.1) is 11.8 Å². The maximum atomic E-state index is 13.4. The summed E-state index contributed by atoms with van der Waals surface area (Å²) in [7, 11) is 1.95. The van der Waals surface area contributed by atoms with E-state index in [9.17, 15) is 14.3 Å². The summed E-state index contributed by atoms with van der Waals surface area (Å²) in [6.07, 6.45) is 2.94.